The van der Waals surface area contributed by atoms with Crippen molar-refractivity contribution in [2.75, 3.05) is 11.9 Å². The summed E-state index contributed by atoms with van der Waals surface area (Å²) in [6.07, 6.45) is 0.476. The lowest BCUT2D eigenvalue weighted by Gasteiger charge is -2.14. The highest BCUT2D eigenvalue weighted by molar-refractivity contribution is 8.00. The molecule has 1 atom stereocenters. The quantitative estimate of drug-likeness (QED) is 0.220. The van der Waals surface area contributed by atoms with Crippen molar-refractivity contribution in [3.63, 3.8) is 0 Å². The van der Waals surface area contributed by atoms with Gasteiger partial charge in [0.05, 0.1) is 22.9 Å². The van der Waals surface area contributed by atoms with Gasteiger partial charge in [-0.2, -0.15) is 0 Å². The van der Waals surface area contributed by atoms with Crippen LogP contribution >= 0.6 is 11.8 Å². The molecule has 3 aromatic heterocycles. The molecule has 4 rings (SSSR count). The number of thioether (sulfide) groups is 1. The Bertz CT molecular complexity index is 1410. The molecule has 0 fully saturated rings. The monoisotopic (exact) mass is 480 g/mol. The number of Topliss-reactive ketones (excluding diaryl/α,β-unsaturated/α-hetero) is 1. The summed E-state index contributed by atoms with van der Waals surface area (Å²) in [5.74, 6) is -1.33. The van der Waals surface area contributed by atoms with E-state index in [4.69, 9.17) is 9.15 Å². The molecule has 1 N–H and O–H groups in total. The summed E-state index contributed by atoms with van der Waals surface area (Å²) in [5, 5.41) is 12.2. The smallest absolute Gasteiger partial charge is 0.344 e. The van der Waals surface area contributed by atoms with E-state index >= 15 is 0 Å². The number of ether oxygens (including phenoxy) is 1. The number of aromatic nitrogens is 3. The molecule has 1 unspecified atom stereocenters. The Morgan fingerprint density at radius 3 is 2.59 bits per heavy atom. The summed E-state index contributed by atoms with van der Waals surface area (Å²) in [5.41, 5.74) is 1.64. The summed E-state index contributed by atoms with van der Waals surface area (Å²) in [6.45, 7) is 6.55. The SMILES string of the molecule is CCOC(=O)c1c(NC(=O)C(CC)Sc2nnc3ccc4ccccc4n23)oc(C)c1C(C)=O. The van der Waals surface area contributed by atoms with Crippen molar-refractivity contribution in [3.05, 3.63) is 53.3 Å². The zero-order chi connectivity index (χ0) is 24.4. The maximum atomic E-state index is 13.2. The molecule has 3 heterocycles. The van der Waals surface area contributed by atoms with Gasteiger partial charge in [-0.25, -0.2) is 4.79 Å². The van der Waals surface area contributed by atoms with Crippen LogP contribution in [0, 0.1) is 6.92 Å². The van der Waals surface area contributed by atoms with E-state index in [0.29, 0.717) is 17.2 Å². The molecule has 0 aliphatic carbocycles. The minimum atomic E-state index is -0.726. The van der Waals surface area contributed by atoms with Gasteiger partial charge in [0.1, 0.15) is 11.3 Å². The minimum Gasteiger partial charge on any atom is -0.462 e. The number of furan rings is 1. The van der Waals surface area contributed by atoms with Gasteiger partial charge in [0.15, 0.2) is 16.6 Å². The van der Waals surface area contributed by atoms with Crippen LogP contribution in [0.5, 0.6) is 0 Å². The van der Waals surface area contributed by atoms with Crippen LogP contribution in [-0.2, 0) is 9.53 Å². The fourth-order valence-electron chi connectivity index (χ4n) is 3.79. The summed E-state index contributed by atoms with van der Waals surface area (Å²) in [6, 6.07) is 11.7. The Morgan fingerprint density at radius 1 is 1.12 bits per heavy atom. The molecule has 1 amide bonds. The standard InChI is InChI=1S/C24H24N4O5S/c1-5-17(34-24-27-26-18-12-11-15-9-7-8-10-16(15)28(18)24)21(30)25-22-20(23(31)32-6-2)19(13(3)29)14(4)33-22/h7-12,17H,5-6H2,1-4H3,(H,25,30). The highest BCUT2D eigenvalue weighted by Gasteiger charge is 2.30. The summed E-state index contributed by atoms with van der Waals surface area (Å²) in [7, 11) is 0. The molecule has 0 saturated carbocycles. The van der Waals surface area contributed by atoms with Gasteiger partial charge in [-0.3, -0.25) is 19.3 Å². The fraction of sp³-hybridized carbons (Fsp3) is 0.292. The van der Waals surface area contributed by atoms with Crippen molar-refractivity contribution in [1.29, 1.82) is 0 Å². The molecule has 9 nitrogen and oxygen atoms in total. The number of ketones is 1. The lowest BCUT2D eigenvalue weighted by atomic mass is 10.1. The molecular weight excluding hydrogens is 456 g/mol. The third-order valence-electron chi connectivity index (χ3n) is 5.31. The maximum Gasteiger partial charge on any atom is 0.344 e. The van der Waals surface area contributed by atoms with Gasteiger partial charge in [0.2, 0.25) is 11.8 Å². The van der Waals surface area contributed by atoms with Gasteiger partial charge >= 0.3 is 5.97 Å². The molecule has 0 radical (unpaired) electrons. The zero-order valence-electron chi connectivity index (χ0n) is 19.2. The predicted molar refractivity (Wildman–Crippen MR) is 128 cm³/mol. The summed E-state index contributed by atoms with van der Waals surface area (Å²) >= 11 is 1.26. The molecular formula is C24H24N4O5S. The molecule has 176 valence electrons. The van der Waals surface area contributed by atoms with Crippen molar-refractivity contribution in [1.82, 2.24) is 14.6 Å². The Hall–Kier alpha value is -3.66. The molecule has 0 saturated heterocycles. The van der Waals surface area contributed by atoms with Crippen LogP contribution in [-0.4, -0.2) is 44.1 Å². The highest BCUT2D eigenvalue weighted by atomic mass is 32.2. The third-order valence-corrected chi connectivity index (χ3v) is 6.62. The average Bonchev–Trinajstić information content (AvgIpc) is 3.38. The van der Waals surface area contributed by atoms with Gasteiger partial charge < -0.3 is 9.15 Å². The number of para-hydroxylation sites is 1. The topological polar surface area (TPSA) is 116 Å². The number of hydrogen-bond acceptors (Lipinski definition) is 8. The Kier molecular flexibility index (Phi) is 6.69. The van der Waals surface area contributed by atoms with E-state index in [1.807, 2.05) is 47.7 Å². The second-order valence-electron chi connectivity index (χ2n) is 7.59. The maximum absolute atomic E-state index is 13.2. The van der Waals surface area contributed by atoms with E-state index in [2.05, 4.69) is 15.5 Å². The predicted octanol–water partition coefficient (Wildman–Crippen LogP) is 4.67. The number of aryl methyl sites for hydroxylation is 1. The normalized spacial score (nSPS) is 12.1. The van der Waals surface area contributed by atoms with E-state index in [0.717, 1.165) is 10.9 Å². The first-order valence-electron chi connectivity index (χ1n) is 10.9. The van der Waals surface area contributed by atoms with Crippen LogP contribution in [0.25, 0.3) is 16.6 Å². The van der Waals surface area contributed by atoms with Gasteiger partial charge in [-0.1, -0.05) is 36.9 Å². The van der Waals surface area contributed by atoms with E-state index in [-0.39, 0.29) is 41.1 Å². The second-order valence-corrected chi connectivity index (χ2v) is 8.76. The number of hydrogen-bond donors (Lipinski definition) is 1. The number of carbonyl (C=O) groups is 3. The van der Waals surface area contributed by atoms with E-state index < -0.39 is 11.2 Å². The van der Waals surface area contributed by atoms with Crippen molar-refractivity contribution >= 4 is 51.9 Å². The second kappa shape index (κ2) is 9.68. The van der Waals surface area contributed by atoms with Crippen LogP contribution in [0.2, 0.25) is 0 Å². The Labute approximate surface area is 199 Å². The van der Waals surface area contributed by atoms with Crippen LogP contribution in [0.4, 0.5) is 5.88 Å². The number of nitrogens with one attached hydrogen (secondary N) is 1. The largest absolute Gasteiger partial charge is 0.462 e. The van der Waals surface area contributed by atoms with Gasteiger partial charge in [0, 0.05) is 0 Å². The fourth-order valence-corrected chi connectivity index (χ4v) is 4.76. The molecule has 1 aromatic carbocycles. The first-order chi connectivity index (χ1) is 16.3. The van der Waals surface area contributed by atoms with Gasteiger partial charge in [0.25, 0.3) is 0 Å². The first kappa shape index (κ1) is 23.5. The molecule has 0 aliphatic rings. The number of carbonyl (C=O) groups excluding carboxylic acids is 3. The van der Waals surface area contributed by atoms with Crippen LogP contribution < -0.4 is 5.32 Å². The minimum absolute atomic E-state index is 0.0704. The average molecular weight is 481 g/mol. The highest BCUT2D eigenvalue weighted by Crippen LogP contribution is 2.31. The van der Waals surface area contributed by atoms with E-state index in [9.17, 15) is 14.4 Å². The molecule has 0 spiro atoms. The number of esters is 1. The molecule has 10 heteroatoms. The van der Waals surface area contributed by atoms with Crippen LogP contribution in [0.3, 0.4) is 0 Å². The third kappa shape index (κ3) is 4.28. The Morgan fingerprint density at radius 2 is 1.88 bits per heavy atom. The number of benzene rings is 1. The molecule has 0 bridgehead atoms. The van der Waals surface area contributed by atoms with Crippen LogP contribution in [0.15, 0.2) is 46.0 Å². The van der Waals surface area contributed by atoms with Crippen LogP contribution in [0.1, 0.15) is 53.7 Å². The van der Waals surface area contributed by atoms with Crippen molar-refractivity contribution in [2.24, 2.45) is 0 Å². The number of nitrogens with zero attached hydrogens (tertiary/aromatic N) is 3. The summed E-state index contributed by atoms with van der Waals surface area (Å²) < 4.78 is 12.6. The number of fused-ring (bicyclic) bond motifs is 3. The van der Waals surface area contributed by atoms with Crippen molar-refractivity contribution in [3.8, 4) is 0 Å². The van der Waals surface area contributed by atoms with E-state index in [1.165, 1.54) is 18.7 Å². The lowest BCUT2D eigenvalue weighted by Crippen LogP contribution is -2.26. The Balaban J connectivity index is 1.65. The zero-order valence-corrected chi connectivity index (χ0v) is 20.1. The molecule has 4 aromatic rings. The number of pyridine rings is 1. The number of amides is 1. The lowest BCUT2D eigenvalue weighted by molar-refractivity contribution is -0.115. The number of rotatable bonds is 8. The van der Waals surface area contributed by atoms with Gasteiger partial charge in [-0.15, -0.1) is 10.2 Å². The van der Waals surface area contributed by atoms with Gasteiger partial charge in [-0.05, 0) is 50.8 Å². The first-order valence-corrected chi connectivity index (χ1v) is 11.8. The molecule has 34 heavy (non-hydrogen) atoms. The molecule has 0 aliphatic heterocycles. The van der Waals surface area contributed by atoms with E-state index in [1.54, 1.807) is 13.8 Å². The number of anilines is 1. The summed E-state index contributed by atoms with van der Waals surface area (Å²) in [4.78, 5) is 37.9. The van der Waals surface area contributed by atoms with Crippen molar-refractivity contribution in [2.45, 2.75) is 44.5 Å². The van der Waals surface area contributed by atoms with Crippen molar-refractivity contribution < 1.29 is 23.5 Å².